The molecule has 0 aliphatic carbocycles. The Morgan fingerprint density at radius 3 is 2.38 bits per heavy atom. The van der Waals surface area contributed by atoms with Crippen LogP contribution < -0.4 is 14.8 Å². The molecule has 21 heavy (non-hydrogen) atoms. The van der Waals surface area contributed by atoms with Gasteiger partial charge >= 0.3 is 0 Å². The van der Waals surface area contributed by atoms with E-state index < -0.39 is 6.04 Å². The number of nitriles is 1. The molecule has 4 nitrogen and oxygen atoms in total. The number of para-hydroxylation sites is 1. The predicted molar refractivity (Wildman–Crippen MR) is 83.0 cm³/mol. The van der Waals surface area contributed by atoms with Crippen LogP contribution in [0.2, 0.25) is 5.02 Å². The number of rotatable bonds is 5. The van der Waals surface area contributed by atoms with Gasteiger partial charge in [0.15, 0.2) is 11.5 Å². The molecule has 0 spiro atoms. The van der Waals surface area contributed by atoms with E-state index in [0.29, 0.717) is 22.1 Å². The number of methoxy groups -OCH3 is 2. The number of halogens is 1. The van der Waals surface area contributed by atoms with Crippen LogP contribution in [0.3, 0.4) is 0 Å². The first-order valence-electron chi connectivity index (χ1n) is 6.32. The van der Waals surface area contributed by atoms with Crippen LogP contribution in [0.25, 0.3) is 0 Å². The smallest absolute Gasteiger partial charge is 0.167 e. The first-order chi connectivity index (χ1) is 10.2. The lowest BCUT2D eigenvalue weighted by Crippen LogP contribution is -2.10. The highest BCUT2D eigenvalue weighted by Gasteiger charge is 2.18. The summed E-state index contributed by atoms with van der Waals surface area (Å²) in [6.45, 7) is 0. The van der Waals surface area contributed by atoms with Crippen molar-refractivity contribution >= 4 is 17.3 Å². The second kappa shape index (κ2) is 6.87. The van der Waals surface area contributed by atoms with Gasteiger partial charge in [0.1, 0.15) is 6.04 Å². The largest absolute Gasteiger partial charge is 0.493 e. The lowest BCUT2D eigenvalue weighted by atomic mass is 10.1. The van der Waals surface area contributed by atoms with Gasteiger partial charge in [-0.1, -0.05) is 23.7 Å². The van der Waals surface area contributed by atoms with Crippen LogP contribution in [-0.2, 0) is 0 Å². The fraction of sp³-hybridized carbons (Fsp3) is 0.188. The molecule has 0 radical (unpaired) electrons. The third kappa shape index (κ3) is 3.39. The molecule has 0 heterocycles. The molecular formula is C16H15ClN2O2. The van der Waals surface area contributed by atoms with E-state index in [2.05, 4.69) is 11.4 Å². The molecule has 0 aromatic heterocycles. The van der Waals surface area contributed by atoms with Crippen molar-refractivity contribution in [1.82, 2.24) is 0 Å². The Hall–Kier alpha value is -2.38. The van der Waals surface area contributed by atoms with Crippen LogP contribution in [0.4, 0.5) is 5.69 Å². The van der Waals surface area contributed by atoms with Crippen LogP contribution in [0, 0.1) is 11.3 Å². The highest BCUT2D eigenvalue weighted by Crippen LogP contribution is 2.35. The van der Waals surface area contributed by atoms with Crippen LogP contribution >= 0.6 is 11.6 Å². The van der Waals surface area contributed by atoms with Crippen molar-refractivity contribution in [3.63, 3.8) is 0 Å². The van der Waals surface area contributed by atoms with Crippen molar-refractivity contribution in [2.24, 2.45) is 0 Å². The van der Waals surface area contributed by atoms with E-state index in [-0.39, 0.29) is 0 Å². The standard InChI is InChI=1S/C16H15ClN2O2/c1-20-15-5-3-4-13(16(15)21-2)14(10-18)19-12-8-6-11(17)7-9-12/h3-9,14,19H,1-2H3. The zero-order chi connectivity index (χ0) is 15.2. The fourth-order valence-corrected chi connectivity index (χ4v) is 2.16. The van der Waals surface area contributed by atoms with Crippen molar-refractivity contribution in [3.05, 3.63) is 53.1 Å². The molecule has 0 saturated carbocycles. The molecule has 0 bridgehead atoms. The van der Waals surface area contributed by atoms with E-state index in [0.717, 1.165) is 5.69 Å². The average molecular weight is 303 g/mol. The number of nitrogens with zero attached hydrogens (tertiary/aromatic N) is 1. The van der Waals surface area contributed by atoms with E-state index in [1.807, 2.05) is 24.3 Å². The minimum Gasteiger partial charge on any atom is -0.493 e. The van der Waals surface area contributed by atoms with Gasteiger partial charge in [-0.3, -0.25) is 0 Å². The molecule has 2 rings (SSSR count). The summed E-state index contributed by atoms with van der Waals surface area (Å²) in [5.41, 5.74) is 1.52. The first-order valence-corrected chi connectivity index (χ1v) is 6.70. The van der Waals surface area contributed by atoms with Gasteiger partial charge < -0.3 is 14.8 Å². The van der Waals surface area contributed by atoms with Crippen molar-refractivity contribution in [3.8, 4) is 17.6 Å². The van der Waals surface area contributed by atoms with Crippen molar-refractivity contribution in [2.75, 3.05) is 19.5 Å². The van der Waals surface area contributed by atoms with E-state index in [4.69, 9.17) is 21.1 Å². The molecule has 108 valence electrons. The van der Waals surface area contributed by atoms with E-state index in [1.165, 1.54) is 0 Å². The molecule has 0 aliphatic heterocycles. The number of hydrogen-bond acceptors (Lipinski definition) is 4. The van der Waals surface area contributed by atoms with E-state index in [1.54, 1.807) is 32.4 Å². The summed E-state index contributed by atoms with van der Waals surface area (Å²) in [6.07, 6.45) is 0. The third-order valence-electron chi connectivity index (χ3n) is 3.03. The summed E-state index contributed by atoms with van der Waals surface area (Å²) >= 11 is 5.86. The topological polar surface area (TPSA) is 54.3 Å². The predicted octanol–water partition coefficient (Wildman–Crippen LogP) is 4.03. The van der Waals surface area contributed by atoms with Gasteiger partial charge in [0, 0.05) is 16.3 Å². The van der Waals surface area contributed by atoms with Crippen molar-refractivity contribution in [2.45, 2.75) is 6.04 Å². The Morgan fingerprint density at radius 1 is 1.10 bits per heavy atom. The second-order valence-electron chi connectivity index (χ2n) is 4.30. The molecule has 0 amide bonds. The fourth-order valence-electron chi connectivity index (χ4n) is 2.03. The number of benzene rings is 2. The van der Waals surface area contributed by atoms with E-state index >= 15 is 0 Å². The minimum absolute atomic E-state index is 0.549. The van der Waals surface area contributed by atoms with Gasteiger partial charge in [0.25, 0.3) is 0 Å². The van der Waals surface area contributed by atoms with Gasteiger partial charge in [0.05, 0.1) is 20.3 Å². The SMILES string of the molecule is COc1cccc(C(C#N)Nc2ccc(Cl)cc2)c1OC. The normalized spacial score (nSPS) is 11.3. The summed E-state index contributed by atoms with van der Waals surface area (Å²) in [5.74, 6) is 1.14. The van der Waals surface area contributed by atoms with Crippen LogP contribution in [0.1, 0.15) is 11.6 Å². The number of ether oxygens (including phenoxy) is 2. The molecular weight excluding hydrogens is 288 g/mol. The molecule has 0 saturated heterocycles. The molecule has 1 unspecified atom stereocenters. The van der Waals surface area contributed by atoms with Crippen molar-refractivity contribution < 1.29 is 9.47 Å². The Kier molecular flexibility index (Phi) is 4.91. The number of nitrogens with one attached hydrogen (secondary N) is 1. The maximum atomic E-state index is 9.44. The van der Waals surface area contributed by atoms with Gasteiger partial charge in [-0.15, -0.1) is 0 Å². The number of anilines is 1. The highest BCUT2D eigenvalue weighted by molar-refractivity contribution is 6.30. The molecule has 1 atom stereocenters. The Morgan fingerprint density at radius 2 is 1.81 bits per heavy atom. The quantitative estimate of drug-likeness (QED) is 0.906. The lowest BCUT2D eigenvalue weighted by molar-refractivity contribution is 0.351. The minimum atomic E-state index is -0.559. The molecule has 2 aromatic rings. The summed E-state index contributed by atoms with van der Waals surface area (Å²) < 4.78 is 10.6. The maximum absolute atomic E-state index is 9.44. The monoisotopic (exact) mass is 302 g/mol. The zero-order valence-electron chi connectivity index (χ0n) is 11.8. The third-order valence-corrected chi connectivity index (χ3v) is 3.28. The van der Waals surface area contributed by atoms with Crippen molar-refractivity contribution in [1.29, 1.82) is 5.26 Å². The summed E-state index contributed by atoms with van der Waals surface area (Å²) in [6, 6.07) is 14.3. The summed E-state index contributed by atoms with van der Waals surface area (Å²) in [7, 11) is 3.12. The lowest BCUT2D eigenvalue weighted by Gasteiger charge is -2.18. The summed E-state index contributed by atoms with van der Waals surface area (Å²) in [4.78, 5) is 0. The Balaban J connectivity index is 2.34. The Labute approximate surface area is 128 Å². The Bertz CT molecular complexity index is 650. The molecule has 0 aliphatic rings. The van der Waals surface area contributed by atoms with Gasteiger partial charge in [-0.05, 0) is 30.3 Å². The van der Waals surface area contributed by atoms with Crippen LogP contribution in [0.5, 0.6) is 11.5 Å². The summed E-state index contributed by atoms with van der Waals surface area (Å²) in [5, 5.41) is 13.2. The average Bonchev–Trinajstić information content (AvgIpc) is 2.53. The van der Waals surface area contributed by atoms with Gasteiger partial charge in [0.2, 0.25) is 0 Å². The van der Waals surface area contributed by atoms with Gasteiger partial charge in [-0.2, -0.15) is 5.26 Å². The first kappa shape index (κ1) is 15.0. The second-order valence-corrected chi connectivity index (χ2v) is 4.73. The number of hydrogen-bond donors (Lipinski definition) is 1. The zero-order valence-corrected chi connectivity index (χ0v) is 12.5. The molecule has 2 aromatic carbocycles. The van der Waals surface area contributed by atoms with E-state index in [9.17, 15) is 5.26 Å². The maximum Gasteiger partial charge on any atom is 0.167 e. The van der Waals surface area contributed by atoms with Crippen LogP contribution in [0.15, 0.2) is 42.5 Å². The van der Waals surface area contributed by atoms with Crippen LogP contribution in [-0.4, -0.2) is 14.2 Å². The highest BCUT2D eigenvalue weighted by atomic mass is 35.5. The molecule has 1 N–H and O–H groups in total. The van der Waals surface area contributed by atoms with Gasteiger partial charge in [-0.25, -0.2) is 0 Å². The molecule has 5 heteroatoms. The molecule has 0 fully saturated rings.